The van der Waals surface area contributed by atoms with Crippen molar-refractivity contribution in [2.45, 2.75) is 232 Å². The van der Waals surface area contributed by atoms with E-state index in [0.29, 0.717) is 19.3 Å². The third kappa shape index (κ3) is 56.1. The van der Waals surface area contributed by atoms with Crippen LogP contribution < -0.4 is 0 Å². The van der Waals surface area contributed by atoms with Crippen molar-refractivity contribution >= 4 is 17.9 Å². The van der Waals surface area contributed by atoms with E-state index in [4.69, 9.17) is 14.2 Å². The summed E-state index contributed by atoms with van der Waals surface area (Å²) in [6, 6.07) is 0. The minimum absolute atomic E-state index is 0.123. The van der Waals surface area contributed by atoms with Crippen LogP contribution in [0.1, 0.15) is 226 Å². The Morgan fingerprint density at radius 2 is 0.535 bits per heavy atom. The van der Waals surface area contributed by atoms with E-state index >= 15 is 0 Å². The number of esters is 3. The van der Waals surface area contributed by atoms with Crippen LogP contribution in [-0.2, 0) is 28.6 Å². The van der Waals surface area contributed by atoms with Crippen molar-refractivity contribution in [3.8, 4) is 0 Å². The molecule has 71 heavy (non-hydrogen) atoms. The highest BCUT2D eigenvalue weighted by Gasteiger charge is 2.19. The number of carbonyl (C=O) groups is 3. The molecule has 0 amide bonds. The summed E-state index contributed by atoms with van der Waals surface area (Å²) in [5, 5.41) is 0. The van der Waals surface area contributed by atoms with Crippen LogP contribution >= 0.6 is 0 Å². The van der Waals surface area contributed by atoms with Gasteiger partial charge in [-0.1, -0.05) is 231 Å². The minimum atomic E-state index is -0.835. The zero-order chi connectivity index (χ0) is 51.4. The maximum Gasteiger partial charge on any atom is 0.306 e. The molecule has 0 heterocycles. The maximum atomic E-state index is 12.8. The normalized spacial score (nSPS) is 13.2. The highest BCUT2D eigenvalue weighted by Crippen LogP contribution is 2.14. The molecule has 0 spiro atoms. The Morgan fingerprint density at radius 1 is 0.282 bits per heavy atom. The van der Waals surface area contributed by atoms with E-state index in [-0.39, 0.29) is 44.0 Å². The summed E-state index contributed by atoms with van der Waals surface area (Å²) < 4.78 is 16.7. The van der Waals surface area contributed by atoms with Gasteiger partial charge in [0, 0.05) is 19.3 Å². The summed E-state index contributed by atoms with van der Waals surface area (Å²) in [5.41, 5.74) is 0. The molecule has 0 saturated carbocycles. The van der Waals surface area contributed by atoms with Gasteiger partial charge in [-0.15, -0.1) is 0 Å². The number of carbonyl (C=O) groups excluding carboxylic acids is 3. The third-order valence-electron chi connectivity index (χ3n) is 11.3. The summed E-state index contributed by atoms with van der Waals surface area (Å²) in [7, 11) is 0. The fourth-order valence-corrected chi connectivity index (χ4v) is 7.20. The van der Waals surface area contributed by atoms with E-state index in [0.717, 1.165) is 109 Å². The molecule has 0 aromatic rings. The Balaban J connectivity index is 4.42. The van der Waals surface area contributed by atoms with Crippen LogP contribution in [-0.4, -0.2) is 37.2 Å². The van der Waals surface area contributed by atoms with E-state index in [1.54, 1.807) is 0 Å². The minimum Gasteiger partial charge on any atom is -0.462 e. The molecule has 1 atom stereocenters. The first-order chi connectivity index (χ1) is 35.0. The smallest absolute Gasteiger partial charge is 0.306 e. The van der Waals surface area contributed by atoms with Crippen LogP contribution in [0.5, 0.6) is 0 Å². The lowest BCUT2D eigenvalue weighted by Gasteiger charge is -2.18. The average molecular weight is 980 g/mol. The van der Waals surface area contributed by atoms with Crippen molar-refractivity contribution in [3.63, 3.8) is 0 Å². The van der Waals surface area contributed by atoms with E-state index in [9.17, 15) is 14.4 Å². The lowest BCUT2D eigenvalue weighted by Crippen LogP contribution is -2.30. The zero-order valence-corrected chi connectivity index (χ0v) is 45.4. The molecule has 0 saturated heterocycles. The topological polar surface area (TPSA) is 78.9 Å². The summed E-state index contributed by atoms with van der Waals surface area (Å²) in [6.07, 6.45) is 82.9. The lowest BCUT2D eigenvalue weighted by molar-refractivity contribution is -0.166. The molecule has 0 aliphatic rings. The first-order valence-electron chi connectivity index (χ1n) is 28.3. The molecule has 1 unspecified atom stereocenters. The van der Waals surface area contributed by atoms with Crippen molar-refractivity contribution in [2.75, 3.05) is 13.2 Å². The van der Waals surface area contributed by atoms with E-state index < -0.39 is 6.10 Å². The van der Waals surface area contributed by atoms with Crippen molar-refractivity contribution in [1.82, 2.24) is 0 Å². The van der Waals surface area contributed by atoms with Crippen LogP contribution in [0, 0.1) is 0 Å². The zero-order valence-electron chi connectivity index (χ0n) is 45.4. The fraction of sp³-hybridized carbons (Fsp3) is 0.585. The van der Waals surface area contributed by atoms with Gasteiger partial charge in [-0.2, -0.15) is 0 Å². The van der Waals surface area contributed by atoms with Gasteiger partial charge in [0.25, 0.3) is 0 Å². The number of rotatable bonds is 49. The van der Waals surface area contributed by atoms with E-state index in [2.05, 4.69) is 154 Å². The van der Waals surface area contributed by atoms with Gasteiger partial charge in [0.05, 0.1) is 0 Å². The summed E-state index contributed by atoms with van der Waals surface area (Å²) >= 11 is 0. The molecule has 0 bridgehead atoms. The second-order valence-corrected chi connectivity index (χ2v) is 18.0. The van der Waals surface area contributed by atoms with Crippen LogP contribution in [0.4, 0.5) is 0 Å². The molecule has 0 aliphatic heterocycles. The molecule has 0 radical (unpaired) electrons. The molecular formula is C65H102O6. The van der Waals surface area contributed by atoms with Crippen LogP contribution in [0.2, 0.25) is 0 Å². The third-order valence-corrected chi connectivity index (χ3v) is 11.3. The number of hydrogen-bond acceptors (Lipinski definition) is 6. The van der Waals surface area contributed by atoms with E-state index in [1.807, 2.05) is 12.2 Å². The standard InChI is InChI=1S/C65H102O6/c1-4-7-10-13-16-19-22-25-27-28-29-30-31-32-33-34-35-36-38-40-43-46-49-52-55-58-64(67)70-61-62(60-69-63(66)57-54-51-48-45-42-39-24-21-18-15-12-9-6-3)71-65(68)59-56-53-50-47-44-41-37-26-23-20-17-14-11-8-5-2/h7-12,16-21,25-27,29-30,37,39,42,44,47-48,51,62H,4-6,13-15,22-24,28,31-36,38,40-41,43,45-46,49-50,52-61H2,1-3H3/b10-7-,11-8-,12-9-,19-16-,20-17-,21-18-,27-25-,30-29-,37-26-,42-39-,47-44-,51-48-. The first-order valence-corrected chi connectivity index (χ1v) is 28.3. The van der Waals surface area contributed by atoms with Crippen molar-refractivity contribution < 1.29 is 28.6 Å². The molecule has 0 rings (SSSR count). The Bertz CT molecular complexity index is 1590. The molecule has 6 heteroatoms. The fourth-order valence-electron chi connectivity index (χ4n) is 7.20. The summed E-state index contributed by atoms with van der Waals surface area (Å²) in [5.74, 6) is -1.06. The number of unbranched alkanes of at least 4 members (excludes halogenated alkanes) is 14. The van der Waals surface area contributed by atoms with Crippen LogP contribution in [0.3, 0.4) is 0 Å². The molecule has 0 aromatic carbocycles. The predicted octanol–water partition coefficient (Wildman–Crippen LogP) is 19.2. The Kier molecular flexibility index (Phi) is 54.0. The van der Waals surface area contributed by atoms with Crippen LogP contribution in [0.15, 0.2) is 146 Å². The van der Waals surface area contributed by atoms with Gasteiger partial charge in [-0.05, 0) is 122 Å². The van der Waals surface area contributed by atoms with Gasteiger partial charge < -0.3 is 14.2 Å². The van der Waals surface area contributed by atoms with Crippen molar-refractivity contribution in [3.05, 3.63) is 146 Å². The molecule has 0 fully saturated rings. The van der Waals surface area contributed by atoms with Gasteiger partial charge in [0.15, 0.2) is 6.10 Å². The van der Waals surface area contributed by atoms with Gasteiger partial charge >= 0.3 is 17.9 Å². The maximum absolute atomic E-state index is 12.8. The van der Waals surface area contributed by atoms with Crippen LogP contribution in [0.25, 0.3) is 0 Å². The average Bonchev–Trinajstić information content (AvgIpc) is 3.37. The molecule has 6 nitrogen and oxygen atoms in total. The second-order valence-electron chi connectivity index (χ2n) is 18.0. The number of hydrogen-bond donors (Lipinski definition) is 0. The Hall–Kier alpha value is -4.71. The molecule has 0 N–H and O–H groups in total. The first kappa shape index (κ1) is 66.3. The van der Waals surface area contributed by atoms with Gasteiger partial charge in [-0.3, -0.25) is 14.4 Å². The SMILES string of the molecule is CC/C=C\C/C=C\C/C=C\C/C=C\CCCCCCCCCCCCCCC(=O)OCC(COC(=O)CC/C=C\C/C=C\C/C=C\C/C=C\CC)OC(=O)CCCC/C=C\C/C=C\C/C=C\C/C=C\CC. The van der Waals surface area contributed by atoms with Gasteiger partial charge in [0.1, 0.15) is 13.2 Å². The van der Waals surface area contributed by atoms with Gasteiger partial charge in [-0.25, -0.2) is 0 Å². The largest absolute Gasteiger partial charge is 0.462 e. The van der Waals surface area contributed by atoms with Crippen molar-refractivity contribution in [2.24, 2.45) is 0 Å². The monoisotopic (exact) mass is 979 g/mol. The van der Waals surface area contributed by atoms with E-state index in [1.165, 1.54) is 64.2 Å². The van der Waals surface area contributed by atoms with Crippen molar-refractivity contribution in [1.29, 1.82) is 0 Å². The Labute approximate surface area is 436 Å². The van der Waals surface area contributed by atoms with Gasteiger partial charge in [0.2, 0.25) is 0 Å². The quantitative estimate of drug-likeness (QED) is 0.0262. The Morgan fingerprint density at radius 3 is 0.901 bits per heavy atom. The molecule has 0 aliphatic carbocycles. The molecular weight excluding hydrogens is 877 g/mol. The number of ether oxygens (including phenoxy) is 3. The highest BCUT2D eigenvalue weighted by atomic mass is 16.6. The molecule has 398 valence electrons. The highest BCUT2D eigenvalue weighted by molar-refractivity contribution is 5.71. The predicted molar refractivity (Wildman–Crippen MR) is 306 cm³/mol. The molecule has 0 aromatic heterocycles. The lowest BCUT2D eigenvalue weighted by atomic mass is 10.0. The summed E-state index contributed by atoms with van der Waals surface area (Å²) in [6.45, 7) is 6.18. The number of allylic oxidation sites excluding steroid dienone is 24. The second kappa shape index (κ2) is 57.9. The summed E-state index contributed by atoms with van der Waals surface area (Å²) in [4.78, 5) is 38.1.